The molecule has 1 N–H and O–H groups in total. The Balaban J connectivity index is 1.72. The summed E-state index contributed by atoms with van der Waals surface area (Å²) in [6.07, 6.45) is 2.70. The standard InChI is InChI=1S/C10H20N6S/c1-11-4-7-16-10(12-13-14-16)17-9-8-15-5-2-3-6-15/h11H,2-9H2,1H3. The van der Waals surface area contributed by atoms with E-state index in [1.807, 2.05) is 11.7 Å². The topological polar surface area (TPSA) is 58.9 Å². The largest absolute Gasteiger partial charge is 0.318 e. The van der Waals surface area contributed by atoms with Gasteiger partial charge in [0.15, 0.2) is 0 Å². The van der Waals surface area contributed by atoms with Gasteiger partial charge in [-0.2, -0.15) is 0 Å². The minimum absolute atomic E-state index is 0.829. The van der Waals surface area contributed by atoms with E-state index < -0.39 is 0 Å². The monoisotopic (exact) mass is 256 g/mol. The lowest BCUT2D eigenvalue weighted by Crippen LogP contribution is -2.22. The van der Waals surface area contributed by atoms with Crippen molar-refractivity contribution in [2.75, 3.05) is 39.0 Å². The Bertz CT molecular complexity index is 322. The van der Waals surface area contributed by atoms with E-state index in [9.17, 15) is 0 Å². The molecule has 0 spiro atoms. The summed E-state index contributed by atoms with van der Waals surface area (Å²) in [5.41, 5.74) is 0. The van der Waals surface area contributed by atoms with Gasteiger partial charge in [0.2, 0.25) is 5.16 Å². The third-order valence-corrected chi connectivity index (χ3v) is 3.85. The summed E-state index contributed by atoms with van der Waals surface area (Å²) >= 11 is 1.75. The van der Waals surface area contributed by atoms with Crippen LogP contribution in [0, 0.1) is 0 Å². The van der Waals surface area contributed by atoms with Gasteiger partial charge >= 0.3 is 0 Å². The minimum Gasteiger partial charge on any atom is -0.318 e. The van der Waals surface area contributed by atoms with Crippen LogP contribution in [0.15, 0.2) is 5.16 Å². The number of nitrogens with one attached hydrogen (secondary N) is 1. The number of nitrogens with zero attached hydrogens (tertiary/aromatic N) is 5. The molecule has 2 heterocycles. The van der Waals surface area contributed by atoms with Crippen LogP contribution in [-0.4, -0.2) is 64.1 Å². The van der Waals surface area contributed by atoms with Crippen LogP contribution in [0.3, 0.4) is 0 Å². The minimum atomic E-state index is 0.829. The third-order valence-electron chi connectivity index (χ3n) is 2.91. The van der Waals surface area contributed by atoms with Crippen LogP contribution in [0.1, 0.15) is 12.8 Å². The molecule has 0 bridgehead atoms. The summed E-state index contributed by atoms with van der Waals surface area (Å²) in [6.45, 7) is 5.38. The summed E-state index contributed by atoms with van der Waals surface area (Å²) in [4.78, 5) is 2.51. The molecule has 1 aromatic rings. The van der Waals surface area contributed by atoms with Gasteiger partial charge < -0.3 is 10.2 Å². The zero-order chi connectivity index (χ0) is 11.9. The van der Waals surface area contributed by atoms with E-state index in [1.54, 1.807) is 11.8 Å². The van der Waals surface area contributed by atoms with Crippen LogP contribution < -0.4 is 5.32 Å². The molecule has 0 amide bonds. The van der Waals surface area contributed by atoms with Crippen LogP contribution >= 0.6 is 11.8 Å². The molecule has 0 radical (unpaired) electrons. The SMILES string of the molecule is CNCCn1nnnc1SCCN1CCCC1. The Labute approximate surface area is 106 Å². The lowest BCUT2D eigenvalue weighted by molar-refractivity contribution is 0.362. The van der Waals surface area contributed by atoms with Crippen LogP contribution in [0.25, 0.3) is 0 Å². The highest BCUT2D eigenvalue weighted by Crippen LogP contribution is 2.15. The third kappa shape index (κ3) is 3.93. The number of likely N-dealkylation sites (tertiary alicyclic amines) is 1. The fourth-order valence-electron chi connectivity index (χ4n) is 1.93. The molecule has 0 aliphatic carbocycles. The first-order valence-corrected chi connectivity index (χ1v) is 7.14. The predicted molar refractivity (Wildman–Crippen MR) is 68.1 cm³/mol. The highest BCUT2D eigenvalue weighted by atomic mass is 32.2. The molecule has 6 nitrogen and oxygen atoms in total. The average molecular weight is 256 g/mol. The molecular weight excluding hydrogens is 236 g/mol. The summed E-state index contributed by atoms with van der Waals surface area (Å²) in [7, 11) is 1.94. The maximum absolute atomic E-state index is 4.05. The molecule has 0 saturated carbocycles. The molecule has 0 atom stereocenters. The molecule has 7 heteroatoms. The molecule has 96 valence electrons. The maximum atomic E-state index is 4.05. The number of aromatic nitrogens is 4. The lowest BCUT2D eigenvalue weighted by atomic mass is 10.4. The van der Waals surface area contributed by atoms with E-state index in [0.717, 1.165) is 30.5 Å². The second-order valence-electron chi connectivity index (χ2n) is 4.19. The first-order chi connectivity index (χ1) is 8.40. The second kappa shape index (κ2) is 6.93. The Morgan fingerprint density at radius 2 is 2.12 bits per heavy atom. The molecule has 0 unspecified atom stereocenters. The fourth-order valence-corrected chi connectivity index (χ4v) is 2.83. The van der Waals surface area contributed by atoms with Crippen molar-refractivity contribution in [2.24, 2.45) is 0 Å². The van der Waals surface area contributed by atoms with Gasteiger partial charge in [0, 0.05) is 18.8 Å². The van der Waals surface area contributed by atoms with Gasteiger partial charge in [-0.15, -0.1) is 5.10 Å². The number of tetrazole rings is 1. The first kappa shape index (κ1) is 12.8. The Morgan fingerprint density at radius 1 is 1.29 bits per heavy atom. The lowest BCUT2D eigenvalue weighted by Gasteiger charge is -2.13. The summed E-state index contributed by atoms with van der Waals surface area (Å²) < 4.78 is 1.87. The maximum Gasteiger partial charge on any atom is 0.209 e. The zero-order valence-electron chi connectivity index (χ0n) is 10.3. The first-order valence-electron chi connectivity index (χ1n) is 6.16. The van der Waals surface area contributed by atoms with Gasteiger partial charge in [0.1, 0.15) is 0 Å². The number of likely N-dealkylation sites (N-methyl/N-ethyl adjacent to an activating group) is 1. The van der Waals surface area contributed by atoms with Crippen molar-refractivity contribution in [1.82, 2.24) is 30.4 Å². The smallest absolute Gasteiger partial charge is 0.209 e. The van der Waals surface area contributed by atoms with E-state index in [4.69, 9.17) is 0 Å². The quantitative estimate of drug-likeness (QED) is 0.697. The molecule has 1 aromatic heterocycles. The second-order valence-corrected chi connectivity index (χ2v) is 5.25. The van der Waals surface area contributed by atoms with Gasteiger partial charge in [-0.1, -0.05) is 11.8 Å². The van der Waals surface area contributed by atoms with Crippen molar-refractivity contribution in [3.05, 3.63) is 0 Å². The zero-order valence-corrected chi connectivity index (χ0v) is 11.1. The van der Waals surface area contributed by atoms with Crippen molar-refractivity contribution in [1.29, 1.82) is 0 Å². The molecule has 2 rings (SSSR count). The summed E-state index contributed by atoms with van der Waals surface area (Å²) in [5.74, 6) is 1.07. The van der Waals surface area contributed by atoms with Gasteiger partial charge in [-0.3, -0.25) is 0 Å². The Kier molecular flexibility index (Phi) is 5.21. The molecule has 1 saturated heterocycles. The average Bonchev–Trinajstić information content (AvgIpc) is 2.98. The fraction of sp³-hybridized carbons (Fsp3) is 0.900. The molecule has 0 aromatic carbocycles. The molecule has 17 heavy (non-hydrogen) atoms. The van der Waals surface area contributed by atoms with Crippen LogP contribution in [0.4, 0.5) is 0 Å². The van der Waals surface area contributed by atoms with Gasteiger partial charge in [0.25, 0.3) is 0 Å². The van der Waals surface area contributed by atoms with Crippen LogP contribution in [0.5, 0.6) is 0 Å². The van der Waals surface area contributed by atoms with E-state index in [0.29, 0.717) is 0 Å². The number of hydrogen-bond donors (Lipinski definition) is 1. The van der Waals surface area contributed by atoms with Crippen molar-refractivity contribution in [3.63, 3.8) is 0 Å². The summed E-state index contributed by atoms with van der Waals surface area (Å²) in [6, 6.07) is 0. The van der Waals surface area contributed by atoms with Crippen LogP contribution in [0.2, 0.25) is 0 Å². The van der Waals surface area contributed by atoms with Gasteiger partial charge in [-0.25, -0.2) is 4.68 Å². The molecular formula is C10H20N6S. The number of hydrogen-bond acceptors (Lipinski definition) is 6. The van der Waals surface area contributed by atoms with E-state index in [-0.39, 0.29) is 0 Å². The molecule has 1 aliphatic rings. The van der Waals surface area contributed by atoms with Crippen molar-refractivity contribution in [3.8, 4) is 0 Å². The van der Waals surface area contributed by atoms with Gasteiger partial charge in [0.05, 0.1) is 6.54 Å². The number of thioether (sulfide) groups is 1. The van der Waals surface area contributed by atoms with Crippen LogP contribution in [-0.2, 0) is 6.54 Å². The Morgan fingerprint density at radius 3 is 2.88 bits per heavy atom. The molecule has 1 fully saturated rings. The highest BCUT2D eigenvalue weighted by Gasteiger charge is 2.12. The van der Waals surface area contributed by atoms with Crippen molar-refractivity contribution < 1.29 is 0 Å². The normalized spacial score (nSPS) is 16.8. The summed E-state index contributed by atoms with van der Waals surface area (Å²) in [5, 5.41) is 15.8. The molecule has 1 aliphatic heterocycles. The van der Waals surface area contributed by atoms with Gasteiger partial charge in [-0.05, 0) is 43.4 Å². The van der Waals surface area contributed by atoms with Crippen molar-refractivity contribution >= 4 is 11.8 Å². The Hall–Kier alpha value is -0.660. The van der Waals surface area contributed by atoms with E-state index in [1.165, 1.54) is 25.9 Å². The van der Waals surface area contributed by atoms with E-state index >= 15 is 0 Å². The highest BCUT2D eigenvalue weighted by molar-refractivity contribution is 7.99. The number of rotatable bonds is 7. The predicted octanol–water partition coefficient (Wildman–Crippen LogP) is 0.0804. The van der Waals surface area contributed by atoms with Crippen molar-refractivity contribution in [2.45, 2.75) is 24.5 Å². The van der Waals surface area contributed by atoms with E-state index in [2.05, 4.69) is 25.7 Å².